The van der Waals surface area contributed by atoms with E-state index in [9.17, 15) is 10.1 Å². The molecule has 16 heavy (non-hydrogen) atoms. The van der Waals surface area contributed by atoms with Crippen molar-refractivity contribution < 1.29 is 14.8 Å². The molecule has 0 unspecified atom stereocenters. The van der Waals surface area contributed by atoms with E-state index in [2.05, 4.69) is 4.98 Å². The molecule has 1 rings (SSSR count). The van der Waals surface area contributed by atoms with Gasteiger partial charge in [0.2, 0.25) is 0 Å². The Morgan fingerprint density at radius 2 is 2.38 bits per heavy atom. The topological polar surface area (TPSA) is 85.5 Å². The number of methoxy groups -OCH3 is 1. The number of nitro groups is 1. The molecule has 0 aliphatic heterocycles. The Morgan fingerprint density at radius 1 is 1.69 bits per heavy atom. The highest BCUT2D eigenvalue weighted by molar-refractivity contribution is 5.61. The Kier molecular flexibility index (Phi) is 3.96. The van der Waals surface area contributed by atoms with Gasteiger partial charge in [-0.05, 0) is 6.92 Å². The van der Waals surface area contributed by atoms with E-state index in [1.165, 1.54) is 19.4 Å². The minimum Gasteiger partial charge on any atom is -0.476 e. The van der Waals surface area contributed by atoms with Crippen molar-refractivity contribution in [1.82, 2.24) is 4.98 Å². The van der Waals surface area contributed by atoms with E-state index in [0.717, 1.165) is 0 Å². The monoisotopic (exact) mass is 224 g/mol. The van der Waals surface area contributed by atoms with Gasteiger partial charge in [-0.1, -0.05) is 12.2 Å². The van der Waals surface area contributed by atoms with Gasteiger partial charge in [-0.2, -0.15) is 0 Å². The molecular formula is C10H12N2O4. The number of aromatic nitrogens is 1. The van der Waals surface area contributed by atoms with Crippen LogP contribution in [0.2, 0.25) is 0 Å². The summed E-state index contributed by atoms with van der Waals surface area (Å²) in [4.78, 5) is 14.1. The van der Waals surface area contributed by atoms with Crippen LogP contribution in [0.1, 0.15) is 11.1 Å². The number of hydrogen-bond acceptors (Lipinski definition) is 5. The molecule has 1 N–H and O–H groups in total. The molecule has 0 radical (unpaired) electrons. The molecule has 1 aromatic rings. The van der Waals surface area contributed by atoms with Crippen molar-refractivity contribution >= 4 is 11.8 Å². The maximum absolute atomic E-state index is 10.8. The molecule has 0 aliphatic carbocycles. The number of aliphatic hydroxyl groups excluding tert-OH is 1. The van der Waals surface area contributed by atoms with Gasteiger partial charge in [-0.25, -0.2) is 4.98 Å². The van der Waals surface area contributed by atoms with Crippen molar-refractivity contribution in [2.24, 2.45) is 0 Å². The van der Waals surface area contributed by atoms with Gasteiger partial charge in [0.05, 0.1) is 18.6 Å². The third kappa shape index (κ3) is 2.34. The van der Waals surface area contributed by atoms with Gasteiger partial charge in [0.15, 0.2) is 0 Å². The first-order valence-electron chi connectivity index (χ1n) is 4.57. The highest BCUT2D eigenvalue weighted by Gasteiger charge is 2.21. The average Bonchev–Trinajstić information content (AvgIpc) is 2.26. The SMILES string of the molecule is COc1ncc(C=CCO)c(C)c1[N+](=O)[O-]. The molecule has 0 atom stereocenters. The molecule has 0 saturated carbocycles. The van der Waals surface area contributed by atoms with Crippen molar-refractivity contribution in [2.45, 2.75) is 6.92 Å². The van der Waals surface area contributed by atoms with Crippen LogP contribution in [0.5, 0.6) is 5.88 Å². The molecule has 0 bridgehead atoms. The summed E-state index contributed by atoms with van der Waals surface area (Å²) in [6, 6.07) is 0. The summed E-state index contributed by atoms with van der Waals surface area (Å²) in [6.07, 6.45) is 4.53. The van der Waals surface area contributed by atoms with Gasteiger partial charge in [0.25, 0.3) is 5.88 Å². The fourth-order valence-corrected chi connectivity index (χ4v) is 1.30. The number of pyridine rings is 1. The summed E-state index contributed by atoms with van der Waals surface area (Å²) in [6.45, 7) is 1.48. The smallest absolute Gasteiger partial charge is 0.334 e. The normalized spacial score (nSPS) is 10.7. The highest BCUT2D eigenvalue weighted by Crippen LogP contribution is 2.30. The first kappa shape index (κ1) is 12.1. The Bertz CT molecular complexity index is 429. The predicted molar refractivity (Wildman–Crippen MR) is 58.3 cm³/mol. The number of rotatable bonds is 4. The summed E-state index contributed by atoms with van der Waals surface area (Å²) in [5, 5.41) is 19.5. The van der Waals surface area contributed by atoms with Crippen LogP contribution in [0.3, 0.4) is 0 Å². The minimum absolute atomic E-state index is 0.0105. The summed E-state index contributed by atoms with van der Waals surface area (Å²) >= 11 is 0. The quantitative estimate of drug-likeness (QED) is 0.615. The minimum atomic E-state index is -0.530. The second-order valence-electron chi connectivity index (χ2n) is 3.04. The van der Waals surface area contributed by atoms with Crippen LogP contribution in [0.4, 0.5) is 5.69 Å². The maximum Gasteiger partial charge on any atom is 0.334 e. The van der Waals surface area contributed by atoms with Gasteiger partial charge in [-0.15, -0.1) is 0 Å². The van der Waals surface area contributed by atoms with Gasteiger partial charge in [0.1, 0.15) is 0 Å². The van der Waals surface area contributed by atoms with Crippen LogP contribution < -0.4 is 4.74 Å². The molecule has 6 heteroatoms. The van der Waals surface area contributed by atoms with Crippen molar-refractivity contribution in [2.75, 3.05) is 13.7 Å². The zero-order valence-electron chi connectivity index (χ0n) is 9.01. The summed E-state index contributed by atoms with van der Waals surface area (Å²) in [5.74, 6) is -0.0105. The molecular weight excluding hydrogens is 212 g/mol. The van der Waals surface area contributed by atoms with Crippen LogP contribution >= 0.6 is 0 Å². The molecule has 0 aromatic carbocycles. The lowest BCUT2D eigenvalue weighted by Crippen LogP contribution is -2.00. The summed E-state index contributed by atoms with van der Waals surface area (Å²) in [5.41, 5.74) is 0.894. The van der Waals surface area contributed by atoms with E-state index < -0.39 is 4.92 Å². The van der Waals surface area contributed by atoms with Gasteiger partial charge in [0, 0.05) is 17.3 Å². The van der Waals surface area contributed by atoms with E-state index in [1.54, 1.807) is 13.0 Å². The van der Waals surface area contributed by atoms with Gasteiger partial charge in [-0.3, -0.25) is 10.1 Å². The molecule has 6 nitrogen and oxygen atoms in total. The second-order valence-corrected chi connectivity index (χ2v) is 3.04. The molecule has 0 aliphatic rings. The van der Waals surface area contributed by atoms with E-state index in [1.807, 2.05) is 0 Å². The summed E-state index contributed by atoms with van der Waals surface area (Å²) in [7, 11) is 1.33. The van der Waals surface area contributed by atoms with Crippen LogP contribution in [-0.4, -0.2) is 28.7 Å². The fraction of sp³-hybridized carbons (Fsp3) is 0.300. The van der Waals surface area contributed by atoms with E-state index in [4.69, 9.17) is 9.84 Å². The average molecular weight is 224 g/mol. The summed E-state index contributed by atoms with van der Waals surface area (Å²) < 4.78 is 4.82. The molecule has 0 amide bonds. The molecule has 0 saturated heterocycles. The van der Waals surface area contributed by atoms with Gasteiger partial charge < -0.3 is 9.84 Å². The Morgan fingerprint density at radius 3 is 2.88 bits per heavy atom. The third-order valence-electron chi connectivity index (χ3n) is 2.09. The predicted octanol–water partition coefficient (Wildman–Crippen LogP) is 1.31. The highest BCUT2D eigenvalue weighted by atomic mass is 16.6. The largest absolute Gasteiger partial charge is 0.476 e. The number of nitrogens with zero attached hydrogens (tertiary/aromatic N) is 2. The maximum atomic E-state index is 10.8. The Balaban J connectivity index is 3.31. The first-order chi connectivity index (χ1) is 7.61. The van der Waals surface area contributed by atoms with Crippen molar-refractivity contribution in [3.05, 3.63) is 33.5 Å². The molecule has 0 spiro atoms. The second kappa shape index (κ2) is 5.22. The van der Waals surface area contributed by atoms with Crippen LogP contribution in [0, 0.1) is 17.0 Å². The van der Waals surface area contributed by atoms with Crippen LogP contribution in [0.15, 0.2) is 12.3 Å². The number of hydrogen-bond donors (Lipinski definition) is 1. The first-order valence-corrected chi connectivity index (χ1v) is 4.57. The molecule has 86 valence electrons. The van der Waals surface area contributed by atoms with E-state index >= 15 is 0 Å². The number of aliphatic hydroxyl groups is 1. The van der Waals surface area contributed by atoms with Crippen LogP contribution in [0.25, 0.3) is 6.08 Å². The lowest BCUT2D eigenvalue weighted by Gasteiger charge is -2.05. The van der Waals surface area contributed by atoms with Gasteiger partial charge >= 0.3 is 5.69 Å². The molecule has 1 aromatic heterocycles. The zero-order valence-corrected chi connectivity index (χ0v) is 9.01. The standard InChI is InChI=1S/C10H12N2O4/c1-7-8(4-3-5-13)6-11-10(16-2)9(7)12(14)15/h3-4,6,13H,5H2,1-2H3. The van der Waals surface area contributed by atoms with E-state index in [0.29, 0.717) is 11.1 Å². The lowest BCUT2D eigenvalue weighted by molar-refractivity contribution is -0.386. The lowest BCUT2D eigenvalue weighted by atomic mass is 10.1. The fourth-order valence-electron chi connectivity index (χ4n) is 1.30. The van der Waals surface area contributed by atoms with Crippen LogP contribution in [-0.2, 0) is 0 Å². The molecule has 0 fully saturated rings. The van der Waals surface area contributed by atoms with Crippen molar-refractivity contribution in [3.8, 4) is 5.88 Å². The third-order valence-corrected chi connectivity index (χ3v) is 2.09. The zero-order chi connectivity index (χ0) is 12.1. The molecule has 1 heterocycles. The van der Waals surface area contributed by atoms with Crippen molar-refractivity contribution in [1.29, 1.82) is 0 Å². The van der Waals surface area contributed by atoms with E-state index in [-0.39, 0.29) is 18.2 Å². The Hall–Kier alpha value is -1.95. The Labute approximate surface area is 92.3 Å². The van der Waals surface area contributed by atoms with Crippen molar-refractivity contribution in [3.63, 3.8) is 0 Å². The number of ether oxygens (including phenoxy) is 1.